The largest absolute Gasteiger partial charge is 0.480 e. The fourth-order valence-electron chi connectivity index (χ4n) is 1.62. The van der Waals surface area contributed by atoms with Crippen LogP contribution in [0, 0.1) is 0 Å². The number of fused-ring (bicyclic) bond motifs is 1. The molecule has 0 atom stereocenters. The zero-order valence-electron chi connectivity index (χ0n) is 9.61. The Labute approximate surface area is 108 Å². The van der Waals surface area contributed by atoms with Gasteiger partial charge in [0, 0.05) is 11.6 Å². The molecule has 0 aliphatic rings. The summed E-state index contributed by atoms with van der Waals surface area (Å²) < 4.78 is 27.9. The lowest BCUT2D eigenvalue weighted by Crippen LogP contribution is -2.14. The summed E-state index contributed by atoms with van der Waals surface area (Å²) in [4.78, 5) is 14.4. The minimum atomic E-state index is -3.89. The molecule has 2 aromatic rings. The SMILES string of the molecule is NS(=O)(=O)c1ccc(OCC(=O)O)c2ncccc12. The summed E-state index contributed by atoms with van der Waals surface area (Å²) >= 11 is 0. The van der Waals surface area contributed by atoms with Crippen LogP contribution in [0.1, 0.15) is 0 Å². The van der Waals surface area contributed by atoms with E-state index in [0.717, 1.165) is 0 Å². The van der Waals surface area contributed by atoms with Gasteiger partial charge in [0.1, 0.15) is 11.3 Å². The van der Waals surface area contributed by atoms with Gasteiger partial charge in [-0.3, -0.25) is 4.98 Å². The van der Waals surface area contributed by atoms with Crippen LogP contribution in [-0.4, -0.2) is 31.1 Å². The van der Waals surface area contributed by atoms with E-state index in [4.69, 9.17) is 15.0 Å². The van der Waals surface area contributed by atoms with Crippen LogP contribution in [-0.2, 0) is 14.8 Å². The number of primary sulfonamides is 1. The molecular weight excluding hydrogens is 272 g/mol. The Morgan fingerprint density at radius 3 is 2.74 bits per heavy atom. The van der Waals surface area contributed by atoms with Crippen molar-refractivity contribution in [1.82, 2.24) is 4.98 Å². The highest BCUT2D eigenvalue weighted by atomic mass is 32.2. The molecule has 0 fully saturated rings. The van der Waals surface area contributed by atoms with E-state index in [0.29, 0.717) is 0 Å². The highest BCUT2D eigenvalue weighted by Gasteiger charge is 2.16. The van der Waals surface area contributed by atoms with Crippen molar-refractivity contribution in [2.75, 3.05) is 6.61 Å². The third kappa shape index (κ3) is 2.80. The number of hydrogen-bond acceptors (Lipinski definition) is 5. The molecule has 19 heavy (non-hydrogen) atoms. The summed E-state index contributed by atoms with van der Waals surface area (Å²) in [6, 6.07) is 5.67. The van der Waals surface area contributed by atoms with Crippen LogP contribution in [0.3, 0.4) is 0 Å². The number of sulfonamides is 1. The van der Waals surface area contributed by atoms with Gasteiger partial charge < -0.3 is 9.84 Å². The monoisotopic (exact) mass is 282 g/mol. The molecule has 0 bridgehead atoms. The smallest absolute Gasteiger partial charge is 0.341 e. The van der Waals surface area contributed by atoms with Gasteiger partial charge in [-0.2, -0.15) is 0 Å². The van der Waals surface area contributed by atoms with Crippen molar-refractivity contribution < 1.29 is 23.1 Å². The summed E-state index contributed by atoms with van der Waals surface area (Å²) in [5, 5.41) is 14.0. The van der Waals surface area contributed by atoms with Crippen molar-refractivity contribution in [2.45, 2.75) is 4.90 Å². The second kappa shape index (κ2) is 4.82. The third-order valence-corrected chi connectivity index (χ3v) is 3.32. The molecule has 0 aliphatic carbocycles. The van der Waals surface area contributed by atoms with E-state index in [2.05, 4.69) is 4.98 Å². The molecule has 3 N–H and O–H groups in total. The molecule has 0 radical (unpaired) electrons. The Kier molecular flexibility index (Phi) is 3.36. The van der Waals surface area contributed by atoms with Crippen molar-refractivity contribution in [1.29, 1.82) is 0 Å². The molecule has 1 heterocycles. The summed E-state index contributed by atoms with van der Waals surface area (Å²) in [6.45, 7) is -0.541. The van der Waals surface area contributed by atoms with E-state index in [9.17, 15) is 13.2 Å². The Bertz CT molecular complexity index is 742. The number of aliphatic carboxylic acids is 1. The molecule has 100 valence electrons. The standard InChI is InChI=1S/C11H10N2O5S/c12-19(16,17)9-4-3-8(18-6-10(14)15)11-7(9)2-1-5-13-11/h1-5H,6H2,(H,14,15)(H2,12,16,17). The number of hydrogen-bond donors (Lipinski definition) is 2. The van der Waals surface area contributed by atoms with Crippen LogP contribution in [0.5, 0.6) is 5.75 Å². The highest BCUT2D eigenvalue weighted by Crippen LogP contribution is 2.28. The number of aromatic nitrogens is 1. The minimum absolute atomic E-state index is 0.0849. The molecule has 0 saturated heterocycles. The molecule has 0 amide bonds. The van der Waals surface area contributed by atoms with Crippen LogP contribution in [0.25, 0.3) is 10.9 Å². The Morgan fingerprint density at radius 1 is 1.37 bits per heavy atom. The van der Waals surface area contributed by atoms with Crippen molar-refractivity contribution in [3.8, 4) is 5.75 Å². The molecule has 2 rings (SSSR count). The van der Waals surface area contributed by atoms with Crippen molar-refractivity contribution in [2.24, 2.45) is 5.14 Å². The maximum Gasteiger partial charge on any atom is 0.341 e. The van der Waals surface area contributed by atoms with E-state index in [1.54, 1.807) is 6.07 Å². The number of nitrogens with two attached hydrogens (primary N) is 1. The van der Waals surface area contributed by atoms with Crippen LogP contribution < -0.4 is 9.88 Å². The topological polar surface area (TPSA) is 120 Å². The maximum atomic E-state index is 11.4. The summed E-state index contributed by atoms with van der Waals surface area (Å²) in [7, 11) is -3.89. The highest BCUT2D eigenvalue weighted by molar-refractivity contribution is 7.89. The number of ether oxygens (including phenoxy) is 1. The molecule has 7 nitrogen and oxygen atoms in total. The Balaban J connectivity index is 2.62. The summed E-state index contributed by atoms with van der Waals surface area (Å²) in [6.07, 6.45) is 1.45. The second-order valence-corrected chi connectivity index (χ2v) is 5.22. The van der Waals surface area contributed by atoms with Gasteiger partial charge in [0.25, 0.3) is 0 Å². The number of carboxylic acids is 1. The number of benzene rings is 1. The van der Waals surface area contributed by atoms with Crippen LogP contribution in [0.15, 0.2) is 35.4 Å². The van der Waals surface area contributed by atoms with Gasteiger partial charge in [-0.15, -0.1) is 0 Å². The minimum Gasteiger partial charge on any atom is -0.480 e. The van der Waals surface area contributed by atoms with Gasteiger partial charge in [-0.1, -0.05) is 0 Å². The van der Waals surface area contributed by atoms with Crippen LogP contribution >= 0.6 is 0 Å². The molecule has 0 saturated carbocycles. The molecule has 1 aromatic carbocycles. The van der Waals surface area contributed by atoms with Crippen LogP contribution in [0.2, 0.25) is 0 Å². The van der Waals surface area contributed by atoms with Gasteiger partial charge in [0.2, 0.25) is 10.0 Å². The van der Waals surface area contributed by atoms with Crippen molar-refractivity contribution >= 4 is 26.9 Å². The quantitative estimate of drug-likeness (QED) is 0.834. The number of nitrogens with zero attached hydrogens (tertiary/aromatic N) is 1. The van der Waals surface area contributed by atoms with E-state index in [1.807, 2.05) is 0 Å². The second-order valence-electron chi connectivity index (χ2n) is 3.69. The average Bonchev–Trinajstić information content (AvgIpc) is 2.34. The number of rotatable bonds is 4. The maximum absolute atomic E-state index is 11.4. The lowest BCUT2D eigenvalue weighted by Gasteiger charge is -2.09. The molecule has 0 aliphatic heterocycles. The lowest BCUT2D eigenvalue weighted by molar-refractivity contribution is -0.139. The fraction of sp³-hybridized carbons (Fsp3) is 0.0909. The van der Waals surface area contributed by atoms with E-state index < -0.39 is 22.6 Å². The average molecular weight is 282 g/mol. The number of carbonyl (C=O) groups is 1. The normalized spacial score (nSPS) is 11.4. The Morgan fingerprint density at radius 2 is 2.11 bits per heavy atom. The molecular formula is C11H10N2O5S. The fourth-order valence-corrected chi connectivity index (χ4v) is 2.35. The summed E-state index contributed by atoms with van der Waals surface area (Å²) in [5.74, 6) is -0.954. The van der Waals surface area contributed by atoms with Crippen LogP contribution in [0.4, 0.5) is 0 Å². The molecule has 0 unspecified atom stereocenters. The van der Waals surface area contributed by atoms with Gasteiger partial charge >= 0.3 is 5.97 Å². The Hall–Kier alpha value is -2.19. The third-order valence-electron chi connectivity index (χ3n) is 2.35. The number of pyridine rings is 1. The van der Waals surface area contributed by atoms with E-state index >= 15 is 0 Å². The first kappa shape index (κ1) is 13.2. The molecule has 1 aromatic heterocycles. The molecule has 8 heteroatoms. The van der Waals surface area contributed by atoms with Gasteiger partial charge in [-0.05, 0) is 24.3 Å². The lowest BCUT2D eigenvalue weighted by atomic mass is 10.2. The zero-order chi connectivity index (χ0) is 14.0. The van der Waals surface area contributed by atoms with E-state index in [1.165, 1.54) is 24.4 Å². The van der Waals surface area contributed by atoms with Gasteiger partial charge in [0.15, 0.2) is 6.61 Å². The van der Waals surface area contributed by atoms with Crippen molar-refractivity contribution in [3.63, 3.8) is 0 Å². The predicted octanol–water partition coefficient (Wildman–Crippen LogP) is 0.346. The van der Waals surface area contributed by atoms with Gasteiger partial charge in [-0.25, -0.2) is 18.4 Å². The summed E-state index contributed by atoms with van der Waals surface area (Å²) in [5.41, 5.74) is 0.246. The zero-order valence-corrected chi connectivity index (χ0v) is 10.4. The number of carboxylic acid groups (broad SMARTS) is 1. The van der Waals surface area contributed by atoms with E-state index in [-0.39, 0.29) is 21.5 Å². The first-order chi connectivity index (χ1) is 8.89. The first-order valence-electron chi connectivity index (χ1n) is 5.15. The molecule has 0 spiro atoms. The predicted molar refractivity (Wildman–Crippen MR) is 66.2 cm³/mol. The van der Waals surface area contributed by atoms with Crippen molar-refractivity contribution in [3.05, 3.63) is 30.5 Å². The first-order valence-corrected chi connectivity index (χ1v) is 6.69. The van der Waals surface area contributed by atoms with Gasteiger partial charge in [0.05, 0.1) is 4.90 Å².